The summed E-state index contributed by atoms with van der Waals surface area (Å²) < 4.78 is 54.8. The zero-order chi connectivity index (χ0) is 28.2. The standard InChI is InChI=1S/C29H34O11/c1-15-12-18-22(25(39-16(2)30)21-17(23(18)32-3)8-6-9-20(21)31)24-19(15)13-37-29(34-5,27-35-10-7-11-36-27)28(14-38-28)26(33-4)40-24/h12,26-27H,6-11,13-14H2,1-5H3/t26-,28+,29?/m1/s1. The molecule has 11 heteroatoms. The third-order valence-electron chi connectivity index (χ3n) is 8.18. The minimum Gasteiger partial charge on any atom is -0.496 e. The minimum atomic E-state index is -1.50. The molecular formula is C29H34O11. The Bertz CT molecular complexity index is 1360. The number of hydrogen-bond acceptors (Lipinski definition) is 11. The Morgan fingerprint density at radius 3 is 2.40 bits per heavy atom. The van der Waals surface area contributed by atoms with Crippen LogP contribution in [-0.2, 0) is 46.2 Å². The summed E-state index contributed by atoms with van der Waals surface area (Å²) in [6, 6.07) is 1.93. The number of benzene rings is 2. The first-order valence-corrected chi connectivity index (χ1v) is 13.5. The van der Waals surface area contributed by atoms with Gasteiger partial charge in [-0.1, -0.05) is 0 Å². The predicted molar refractivity (Wildman–Crippen MR) is 139 cm³/mol. The van der Waals surface area contributed by atoms with Gasteiger partial charge in [-0.15, -0.1) is 0 Å². The molecule has 1 aliphatic carbocycles. The first-order chi connectivity index (χ1) is 19.3. The molecule has 40 heavy (non-hydrogen) atoms. The molecular weight excluding hydrogens is 524 g/mol. The number of carbonyl (C=O) groups is 2. The number of epoxide rings is 1. The zero-order valence-corrected chi connectivity index (χ0v) is 23.4. The number of fused-ring (bicyclic) bond motifs is 4. The summed E-state index contributed by atoms with van der Waals surface area (Å²) in [5, 5.41) is 1.08. The Morgan fingerprint density at radius 1 is 1.02 bits per heavy atom. The van der Waals surface area contributed by atoms with Gasteiger partial charge in [0, 0.05) is 44.1 Å². The molecule has 3 aliphatic heterocycles. The Labute approximate surface area is 231 Å². The van der Waals surface area contributed by atoms with E-state index in [9.17, 15) is 9.59 Å². The maximum absolute atomic E-state index is 13.3. The highest BCUT2D eigenvalue weighted by Crippen LogP contribution is 2.55. The van der Waals surface area contributed by atoms with E-state index in [1.54, 1.807) is 7.11 Å². The van der Waals surface area contributed by atoms with Gasteiger partial charge in [0.05, 0.1) is 44.5 Å². The van der Waals surface area contributed by atoms with Crippen molar-refractivity contribution in [2.75, 3.05) is 41.2 Å². The van der Waals surface area contributed by atoms with Crippen molar-refractivity contribution in [3.63, 3.8) is 0 Å². The molecule has 11 nitrogen and oxygen atoms in total. The van der Waals surface area contributed by atoms with Gasteiger partial charge in [-0.05, 0) is 37.8 Å². The lowest BCUT2D eigenvalue weighted by atomic mass is 9.84. The number of ketones is 1. The molecule has 2 saturated heterocycles. The average Bonchev–Trinajstić information content (AvgIpc) is 3.75. The fourth-order valence-electron chi connectivity index (χ4n) is 6.27. The molecule has 4 aliphatic rings. The molecule has 2 aromatic rings. The maximum Gasteiger partial charge on any atom is 0.308 e. The lowest BCUT2D eigenvalue weighted by molar-refractivity contribution is -0.398. The lowest BCUT2D eigenvalue weighted by Crippen LogP contribution is -2.66. The van der Waals surface area contributed by atoms with Crippen LogP contribution in [0.2, 0.25) is 0 Å². The van der Waals surface area contributed by atoms with Crippen molar-refractivity contribution in [1.29, 1.82) is 0 Å². The Hall–Kier alpha value is -2.80. The molecule has 0 radical (unpaired) electrons. The van der Waals surface area contributed by atoms with Gasteiger partial charge in [0.25, 0.3) is 5.79 Å². The summed E-state index contributed by atoms with van der Waals surface area (Å²) >= 11 is 0. The normalized spacial score (nSPS) is 28.3. The van der Waals surface area contributed by atoms with Gasteiger partial charge in [-0.3, -0.25) is 9.59 Å². The van der Waals surface area contributed by atoms with Crippen LogP contribution in [0, 0.1) is 6.92 Å². The first-order valence-electron chi connectivity index (χ1n) is 13.5. The number of methoxy groups -OCH3 is 3. The molecule has 2 aromatic carbocycles. The molecule has 0 N–H and O–H groups in total. The third-order valence-corrected chi connectivity index (χ3v) is 8.18. The Kier molecular flexibility index (Phi) is 7.00. The molecule has 3 heterocycles. The third kappa shape index (κ3) is 3.94. The van der Waals surface area contributed by atoms with Gasteiger partial charge < -0.3 is 42.6 Å². The highest BCUT2D eigenvalue weighted by atomic mass is 16.8. The monoisotopic (exact) mass is 558 g/mol. The zero-order valence-electron chi connectivity index (χ0n) is 23.4. The second kappa shape index (κ2) is 10.2. The largest absolute Gasteiger partial charge is 0.496 e. The molecule has 1 spiro atoms. The summed E-state index contributed by atoms with van der Waals surface area (Å²) in [5.41, 5.74) is 1.31. The van der Waals surface area contributed by atoms with E-state index in [0.29, 0.717) is 65.9 Å². The smallest absolute Gasteiger partial charge is 0.308 e. The highest BCUT2D eigenvalue weighted by molar-refractivity contribution is 6.12. The maximum atomic E-state index is 13.3. The fourth-order valence-corrected chi connectivity index (χ4v) is 6.27. The first kappa shape index (κ1) is 27.4. The highest BCUT2D eigenvalue weighted by Gasteiger charge is 2.75. The van der Waals surface area contributed by atoms with Crippen LogP contribution < -0.4 is 14.2 Å². The fraction of sp³-hybridized carbons (Fsp3) is 0.586. The van der Waals surface area contributed by atoms with Crippen LogP contribution in [0.5, 0.6) is 17.2 Å². The average molecular weight is 559 g/mol. The van der Waals surface area contributed by atoms with Crippen LogP contribution in [0.25, 0.3) is 10.8 Å². The predicted octanol–water partition coefficient (Wildman–Crippen LogP) is 3.36. The number of aryl methyl sites for hydroxylation is 1. The molecule has 6 rings (SSSR count). The van der Waals surface area contributed by atoms with Crippen molar-refractivity contribution in [3.05, 3.63) is 28.3 Å². The molecule has 0 bridgehead atoms. The van der Waals surface area contributed by atoms with Crippen LogP contribution in [0.15, 0.2) is 6.07 Å². The number of carbonyl (C=O) groups excluding carboxylic acids is 2. The second-order valence-corrected chi connectivity index (χ2v) is 10.5. The number of rotatable bonds is 5. The second-order valence-electron chi connectivity index (χ2n) is 10.5. The molecule has 216 valence electrons. The van der Waals surface area contributed by atoms with E-state index in [1.807, 2.05) is 13.0 Å². The Balaban J connectivity index is 1.62. The van der Waals surface area contributed by atoms with Crippen LogP contribution in [-0.4, -0.2) is 76.9 Å². The van der Waals surface area contributed by atoms with E-state index in [1.165, 1.54) is 21.1 Å². The van der Waals surface area contributed by atoms with Gasteiger partial charge in [0.15, 0.2) is 11.5 Å². The van der Waals surface area contributed by atoms with Crippen LogP contribution in [0.1, 0.15) is 53.2 Å². The van der Waals surface area contributed by atoms with Crippen LogP contribution in [0.3, 0.4) is 0 Å². The minimum absolute atomic E-state index is 0.0164. The van der Waals surface area contributed by atoms with E-state index in [-0.39, 0.29) is 24.7 Å². The van der Waals surface area contributed by atoms with Crippen molar-refractivity contribution < 1.29 is 52.2 Å². The van der Waals surface area contributed by atoms with E-state index in [4.69, 9.17) is 42.6 Å². The summed E-state index contributed by atoms with van der Waals surface area (Å²) in [5.74, 6) is -1.13. The van der Waals surface area contributed by atoms with E-state index >= 15 is 0 Å². The quantitative estimate of drug-likeness (QED) is 0.305. The van der Waals surface area contributed by atoms with Crippen molar-refractivity contribution in [2.24, 2.45) is 0 Å². The summed E-state index contributed by atoms with van der Waals surface area (Å²) in [6.07, 6.45) is 0.434. The molecule has 0 aromatic heterocycles. The molecule has 3 atom stereocenters. The summed E-state index contributed by atoms with van der Waals surface area (Å²) in [4.78, 5) is 25.7. The van der Waals surface area contributed by atoms with Crippen molar-refractivity contribution >= 4 is 22.5 Å². The Morgan fingerprint density at radius 2 is 1.77 bits per heavy atom. The van der Waals surface area contributed by atoms with Crippen molar-refractivity contribution in [1.82, 2.24) is 0 Å². The number of ether oxygens (including phenoxy) is 9. The van der Waals surface area contributed by atoms with Gasteiger partial charge in [-0.2, -0.15) is 0 Å². The van der Waals surface area contributed by atoms with Gasteiger partial charge in [-0.25, -0.2) is 0 Å². The lowest BCUT2D eigenvalue weighted by Gasteiger charge is -2.46. The SMILES string of the molecule is COc1c2c(c(OC(C)=O)c3c4c(c(C)cc13)COC(OC)(C1OCCCO1)[C@]1(CO1)[C@H](OC)O4)C(=O)CCC2. The van der Waals surface area contributed by atoms with E-state index in [0.717, 1.165) is 17.5 Å². The van der Waals surface area contributed by atoms with Gasteiger partial charge in [0.2, 0.25) is 18.2 Å². The van der Waals surface area contributed by atoms with Crippen molar-refractivity contribution in [2.45, 2.75) is 70.1 Å². The van der Waals surface area contributed by atoms with Crippen LogP contribution >= 0.6 is 0 Å². The number of esters is 1. The molecule has 1 unspecified atom stereocenters. The van der Waals surface area contributed by atoms with E-state index < -0.39 is 29.9 Å². The van der Waals surface area contributed by atoms with Crippen molar-refractivity contribution in [3.8, 4) is 17.2 Å². The summed E-state index contributed by atoms with van der Waals surface area (Å²) in [7, 11) is 4.57. The molecule has 0 amide bonds. The van der Waals surface area contributed by atoms with E-state index in [2.05, 4.69) is 0 Å². The van der Waals surface area contributed by atoms with Gasteiger partial charge >= 0.3 is 5.97 Å². The number of hydrogen-bond donors (Lipinski definition) is 0. The number of Topliss-reactive ketones (excluding diaryl/α,β-unsaturated/α-hetero) is 1. The summed E-state index contributed by atoms with van der Waals surface area (Å²) in [6.45, 7) is 4.38. The van der Waals surface area contributed by atoms with Gasteiger partial charge in [0.1, 0.15) is 11.5 Å². The molecule has 0 saturated carbocycles. The topological polar surface area (TPSA) is 121 Å². The van der Waals surface area contributed by atoms with Crippen LogP contribution in [0.4, 0.5) is 0 Å². The molecule has 2 fully saturated rings.